The van der Waals surface area contributed by atoms with E-state index in [0.717, 1.165) is 10.8 Å². The zero-order valence-electron chi connectivity index (χ0n) is 10.00. The van der Waals surface area contributed by atoms with Gasteiger partial charge in [-0.1, -0.05) is 36.4 Å². The monoisotopic (exact) mass is 267 g/mol. The van der Waals surface area contributed by atoms with Crippen molar-refractivity contribution in [1.82, 2.24) is 5.32 Å². The maximum absolute atomic E-state index is 12.0. The van der Waals surface area contributed by atoms with Gasteiger partial charge in [0.15, 0.2) is 0 Å². The molecule has 0 saturated carbocycles. The quantitative estimate of drug-likeness (QED) is 0.905. The average molecular weight is 267 g/mol. The van der Waals surface area contributed by atoms with Crippen LogP contribution >= 0.6 is 0 Å². The Morgan fingerprint density at radius 3 is 2.47 bits per heavy atom. The number of hydrogen-bond donors (Lipinski definition) is 1. The molecule has 0 aliphatic heterocycles. The Balaban J connectivity index is 2.14. The smallest absolute Gasteiger partial charge is 0.352 e. The second-order valence-electron chi connectivity index (χ2n) is 4.15. The second kappa shape index (κ2) is 5.30. The number of fused-ring (bicyclic) bond motifs is 1. The number of alkyl halides is 3. The summed E-state index contributed by atoms with van der Waals surface area (Å²) < 4.78 is 36.0. The Morgan fingerprint density at radius 1 is 1.05 bits per heavy atom. The Labute approximate surface area is 108 Å². The van der Waals surface area contributed by atoms with Gasteiger partial charge in [0, 0.05) is 12.1 Å². The van der Waals surface area contributed by atoms with Crippen molar-refractivity contribution in [3.63, 3.8) is 0 Å². The minimum Gasteiger partial charge on any atom is -0.352 e. The highest BCUT2D eigenvalue weighted by Gasteiger charge is 2.26. The molecule has 2 nitrogen and oxygen atoms in total. The first-order valence-electron chi connectivity index (χ1n) is 5.80. The van der Waals surface area contributed by atoms with Gasteiger partial charge in [-0.3, -0.25) is 4.79 Å². The molecule has 0 radical (unpaired) electrons. The molecule has 0 saturated heterocycles. The minimum absolute atomic E-state index is 0.389. The van der Waals surface area contributed by atoms with E-state index in [4.69, 9.17) is 0 Å². The molecule has 0 aliphatic rings. The lowest BCUT2D eigenvalue weighted by atomic mass is 10.0. The highest BCUT2D eigenvalue weighted by molar-refractivity contribution is 6.06. The number of hydrogen-bond acceptors (Lipinski definition) is 1. The van der Waals surface area contributed by atoms with Gasteiger partial charge in [-0.15, -0.1) is 0 Å². The molecule has 2 aromatic rings. The lowest BCUT2D eigenvalue weighted by molar-refractivity contribution is -0.132. The first-order valence-corrected chi connectivity index (χ1v) is 5.80. The van der Waals surface area contributed by atoms with Crippen LogP contribution < -0.4 is 5.32 Å². The van der Waals surface area contributed by atoms with E-state index in [1.165, 1.54) is 0 Å². The van der Waals surface area contributed by atoms with Crippen molar-refractivity contribution >= 4 is 16.7 Å². The SMILES string of the molecule is O=C(NCCC(F)(F)F)c1cccc2ccccc12. The molecule has 2 rings (SSSR count). The number of halogens is 3. The predicted molar refractivity (Wildman–Crippen MR) is 67.0 cm³/mol. The van der Waals surface area contributed by atoms with Crippen LogP contribution in [0.3, 0.4) is 0 Å². The van der Waals surface area contributed by atoms with Gasteiger partial charge >= 0.3 is 6.18 Å². The van der Waals surface area contributed by atoms with Crippen molar-refractivity contribution < 1.29 is 18.0 Å². The van der Waals surface area contributed by atoms with Crippen molar-refractivity contribution in [2.75, 3.05) is 6.54 Å². The molecule has 0 aromatic heterocycles. The summed E-state index contributed by atoms with van der Waals surface area (Å²) in [5.74, 6) is -0.485. The summed E-state index contributed by atoms with van der Waals surface area (Å²) in [6.07, 6.45) is -5.28. The summed E-state index contributed by atoms with van der Waals surface area (Å²) in [5, 5.41) is 3.90. The third-order valence-electron chi connectivity index (χ3n) is 2.73. The lowest BCUT2D eigenvalue weighted by Gasteiger charge is -2.09. The van der Waals surface area contributed by atoms with E-state index in [9.17, 15) is 18.0 Å². The van der Waals surface area contributed by atoms with Gasteiger partial charge in [0.05, 0.1) is 6.42 Å². The lowest BCUT2D eigenvalue weighted by Crippen LogP contribution is -2.28. The van der Waals surface area contributed by atoms with E-state index in [0.29, 0.717) is 5.56 Å². The molecule has 1 N–H and O–H groups in total. The summed E-state index contributed by atoms with van der Waals surface area (Å²) in [4.78, 5) is 11.9. The molecule has 0 bridgehead atoms. The number of benzene rings is 2. The van der Waals surface area contributed by atoms with Crippen molar-refractivity contribution in [2.24, 2.45) is 0 Å². The van der Waals surface area contributed by atoms with Crippen LogP contribution in [0.25, 0.3) is 10.8 Å². The van der Waals surface area contributed by atoms with Crippen LogP contribution in [-0.4, -0.2) is 18.6 Å². The van der Waals surface area contributed by atoms with Crippen molar-refractivity contribution in [3.8, 4) is 0 Å². The number of amides is 1. The van der Waals surface area contributed by atoms with E-state index in [2.05, 4.69) is 5.32 Å². The molecule has 0 aliphatic carbocycles. The summed E-state index contributed by atoms with van der Waals surface area (Å²) in [6, 6.07) is 12.4. The topological polar surface area (TPSA) is 29.1 Å². The molecule has 100 valence electrons. The molecule has 0 heterocycles. The van der Waals surface area contributed by atoms with Crippen LogP contribution in [0, 0.1) is 0 Å². The maximum Gasteiger partial charge on any atom is 0.390 e. The maximum atomic E-state index is 12.0. The van der Waals surface area contributed by atoms with E-state index in [1.54, 1.807) is 24.3 Å². The fourth-order valence-corrected chi connectivity index (χ4v) is 1.84. The molecule has 19 heavy (non-hydrogen) atoms. The standard InChI is InChI=1S/C14H12F3NO/c15-14(16,17)8-9-18-13(19)12-7-3-5-10-4-1-2-6-11(10)12/h1-7H,8-9H2,(H,18,19). The van der Waals surface area contributed by atoms with Crippen molar-refractivity contribution in [3.05, 3.63) is 48.0 Å². The van der Waals surface area contributed by atoms with Gasteiger partial charge in [-0.25, -0.2) is 0 Å². The number of carbonyl (C=O) groups excluding carboxylic acids is 1. The first-order chi connectivity index (χ1) is 8.97. The fraction of sp³-hybridized carbons (Fsp3) is 0.214. The van der Waals surface area contributed by atoms with E-state index in [-0.39, 0.29) is 0 Å². The summed E-state index contributed by atoms with van der Waals surface area (Å²) >= 11 is 0. The molecule has 0 fully saturated rings. The Morgan fingerprint density at radius 2 is 1.74 bits per heavy atom. The Kier molecular flexibility index (Phi) is 3.74. The van der Waals surface area contributed by atoms with E-state index >= 15 is 0 Å². The molecule has 2 aromatic carbocycles. The van der Waals surface area contributed by atoms with Gasteiger partial charge in [0.1, 0.15) is 0 Å². The second-order valence-corrected chi connectivity index (χ2v) is 4.15. The molecular formula is C14H12F3NO. The summed E-state index contributed by atoms with van der Waals surface area (Å²) in [6.45, 7) is -0.411. The van der Waals surface area contributed by atoms with Crippen LogP contribution in [0.1, 0.15) is 16.8 Å². The molecular weight excluding hydrogens is 255 g/mol. The zero-order valence-corrected chi connectivity index (χ0v) is 10.00. The molecule has 5 heteroatoms. The van der Waals surface area contributed by atoms with E-state index in [1.807, 2.05) is 18.2 Å². The van der Waals surface area contributed by atoms with Gasteiger partial charge < -0.3 is 5.32 Å². The van der Waals surface area contributed by atoms with Crippen LogP contribution in [-0.2, 0) is 0 Å². The normalized spacial score (nSPS) is 11.5. The summed E-state index contributed by atoms with van der Waals surface area (Å²) in [7, 11) is 0. The zero-order chi connectivity index (χ0) is 13.9. The highest BCUT2D eigenvalue weighted by atomic mass is 19.4. The molecule has 1 amide bonds. The first kappa shape index (κ1) is 13.4. The predicted octanol–water partition coefficient (Wildman–Crippen LogP) is 3.52. The third-order valence-corrected chi connectivity index (χ3v) is 2.73. The van der Waals surface area contributed by atoms with Gasteiger partial charge in [0.2, 0.25) is 0 Å². The van der Waals surface area contributed by atoms with Gasteiger partial charge in [0.25, 0.3) is 5.91 Å². The fourth-order valence-electron chi connectivity index (χ4n) is 1.84. The number of carbonyl (C=O) groups is 1. The van der Waals surface area contributed by atoms with Crippen LogP contribution in [0.5, 0.6) is 0 Å². The van der Waals surface area contributed by atoms with Gasteiger partial charge in [-0.2, -0.15) is 13.2 Å². The highest BCUT2D eigenvalue weighted by Crippen LogP contribution is 2.20. The summed E-state index contributed by atoms with van der Waals surface area (Å²) in [5.41, 5.74) is 0.389. The van der Waals surface area contributed by atoms with Crippen molar-refractivity contribution in [2.45, 2.75) is 12.6 Å². The molecule has 0 atom stereocenters. The van der Waals surface area contributed by atoms with Gasteiger partial charge in [-0.05, 0) is 16.8 Å². The minimum atomic E-state index is -4.26. The number of rotatable bonds is 3. The van der Waals surface area contributed by atoms with Crippen LogP contribution in [0.15, 0.2) is 42.5 Å². The molecule has 0 spiro atoms. The average Bonchev–Trinajstić information content (AvgIpc) is 2.36. The van der Waals surface area contributed by atoms with Crippen LogP contribution in [0.2, 0.25) is 0 Å². The largest absolute Gasteiger partial charge is 0.390 e. The Bertz CT molecular complexity index is 587. The van der Waals surface area contributed by atoms with E-state index < -0.39 is 25.0 Å². The Hall–Kier alpha value is -2.04. The van der Waals surface area contributed by atoms with Crippen LogP contribution in [0.4, 0.5) is 13.2 Å². The third kappa shape index (κ3) is 3.47. The molecule has 0 unspecified atom stereocenters. The number of nitrogens with one attached hydrogen (secondary N) is 1. The van der Waals surface area contributed by atoms with Crippen molar-refractivity contribution in [1.29, 1.82) is 0 Å².